The number of rotatable bonds is 2. The molecule has 1 aromatic rings. The lowest BCUT2D eigenvalue weighted by Gasteiger charge is -2.10. The van der Waals surface area contributed by atoms with E-state index in [0.29, 0.717) is 12.1 Å². The number of carbonyl (C=O) groups excluding carboxylic acids is 1. The van der Waals surface area contributed by atoms with Crippen LogP contribution in [-0.4, -0.2) is 18.0 Å². The second-order valence-corrected chi connectivity index (χ2v) is 3.48. The van der Waals surface area contributed by atoms with Crippen molar-refractivity contribution in [2.45, 2.75) is 6.18 Å². The van der Waals surface area contributed by atoms with Crippen molar-refractivity contribution in [1.82, 2.24) is 0 Å². The SMILES string of the molecule is COC(=O)c1cc([N+](=O)[O-])c(Cl)c(C(F)(F)F)c1. The van der Waals surface area contributed by atoms with Crippen LogP contribution in [-0.2, 0) is 10.9 Å². The first-order chi connectivity index (χ1) is 8.18. The van der Waals surface area contributed by atoms with Gasteiger partial charge in [0.25, 0.3) is 5.69 Å². The van der Waals surface area contributed by atoms with Gasteiger partial charge in [-0.05, 0) is 6.07 Å². The van der Waals surface area contributed by atoms with Gasteiger partial charge in [-0.25, -0.2) is 4.79 Å². The minimum atomic E-state index is -4.91. The van der Waals surface area contributed by atoms with E-state index >= 15 is 0 Å². The molecule has 0 unspecified atom stereocenters. The van der Waals surface area contributed by atoms with Crippen molar-refractivity contribution in [2.75, 3.05) is 7.11 Å². The fraction of sp³-hybridized carbons (Fsp3) is 0.222. The maximum Gasteiger partial charge on any atom is 0.418 e. The Hall–Kier alpha value is -1.83. The van der Waals surface area contributed by atoms with E-state index in [4.69, 9.17) is 11.6 Å². The fourth-order valence-electron chi connectivity index (χ4n) is 1.18. The summed E-state index contributed by atoms with van der Waals surface area (Å²) in [5.41, 5.74) is -3.06. The second kappa shape index (κ2) is 4.81. The maximum absolute atomic E-state index is 12.6. The molecule has 0 radical (unpaired) electrons. The minimum absolute atomic E-state index is 0.404. The second-order valence-electron chi connectivity index (χ2n) is 3.10. The third-order valence-corrected chi connectivity index (χ3v) is 2.37. The Bertz CT molecular complexity index is 515. The van der Waals surface area contributed by atoms with Crippen molar-refractivity contribution in [2.24, 2.45) is 0 Å². The number of methoxy groups -OCH3 is 1. The number of nitrogens with zero attached hydrogens (tertiary/aromatic N) is 1. The average Bonchev–Trinajstić information content (AvgIpc) is 2.26. The summed E-state index contributed by atoms with van der Waals surface area (Å²) in [6, 6.07) is 1.03. The number of hydrogen-bond donors (Lipinski definition) is 0. The number of nitro benzene ring substituents is 1. The van der Waals surface area contributed by atoms with E-state index in [1.165, 1.54) is 0 Å². The van der Waals surface area contributed by atoms with Crippen LogP contribution in [0.15, 0.2) is 12.1 Å². The molecule has 0 atom stereocenters. The first-order valence-electron chi connectivity index (χ1n) is 4.32. The van der Waals surface area contributed by atoms with Gasteiger partial charge in [0.15, 0.2) is 0 Å². The lowest BCUT2D eigenvalue weighted by Crippen LogP contribution is -2.11. The van der Waals surface area contributed by atoms with E-state index < -0.39 is 38.9 Å². The quantitative estimate of drug-likeness (QED) is 0.475. The Labute approximate surface area is 103 Å². The van der Waals surface area contributed by atoms with Gasteiger partial charge in [0, 0.05) is 6.07 Å². The van der Waals surface area contributed by atoms with Crippen molar-refractivity contribution in [3.63, 3.8) is 0 Å². The van der Waals surface area contributed by atoms with E-state index in [1.54, 1.807) is 0 Å². The van der Waals surface area contributed by atoms with E-state index in [2.05, 4.69) is 4.74 Å². The van der Waals surface area contributed by atoms with Crippen LogP contribution in [0.25, 0.3) is 0 Å². The number of alkyl halides is 3. The molecule has 9 heteroatoms. The van der Waals surface area contributed by atoms with Crippen molar-refractivity contribution >= 4 is 23.3 Å². The lowest BCUT2D eigenvalue weighted by atomic mass is 10.1. The summed E-state index contributed by atoms with van der Waals surface area (Å²) < 4.78 is 41.9. The molecule has 1 aromatic carbocycles. The van der Waals surface area contributed by atoms with E-state index in [-0.39, 0.29) is 0 Å². The van der Waals surface area contributed by atoms with Crippen molar-refractivity contribution in [1.29, 1.82) is 0 Å². The Morgan fingerprint density at radius 3 is 2.39 bits per heavy atom. The third-order valence-electron chi connectivity index (χ3n) is 1.98. The number of hydrogen-bond acceptors (Lipinski definition) is 4. The molecule has 0 aromatic heterocycles. The molecule has 18 heavy (non-hydrogen) atoms. The van der Waals surface area contributed by atoms with Gasteiger partial charge >= 0.3 is 12.1 Å². The van der Waals surface area contributed by atoms with Gasteiger partial charge in [-0.15, -0.1) is 0 Å². The van der Waals surface area contributed by atoms with Gasteiger partial charge in [0.2, 0.25) is 0 Å². The first-order valence-corrected chi connectivity index (χ1v) is 4.69. The van der Waals surface area contributed by atoms with E-state index in [9.17, 15) is 28.1 Å². The monoisotopic (exact) mass is 283 g/mol. The van der Waals surface area contributed by atoms with E-state index in [0.717, 1.165) is 7.11 Å². The molecule has 0 bridgehead atoms. The highest BCUT2D eigenvalue weighted by molar-refractivity contribution is 6.33. The van der Waals surface area contributed by atoms with Crippen molar-refractivity contribution in [3.05, 3.63) is 38.4 Å². The molecule has 0 amide bonds. The molecule has 98 valence electrons. The molecule has 0 aliphatic rings. The van der Waals surface area contributed by atoms with Gasteiger partial charge < -0.3 is 4.74 Å². The summed E-state index contributed by atoms with van der Waals surface area (Å²) in [6.45, 7) is 0. The molecular weight excluding hydrogens is 279 g/mol. The zero-order valence-electron chi connectivity index (χ0n) is 8.75. The molecule has 0 aliphatic carbocycles. The van der Waals surface area contributed by atoms with Gasteiger partial charge in [-0.2, -0.15) is 13.2 Å². The van der Waals surface area contributed by atoms with Crippen LogP contribution in [0.4, 0.5) is 18.9 Å². The number of ether oxygens (including phenoxy) is 1. The van der Waals surface area contributed by atoms with Crippen LogP contribution < -0.4 is 0 Å². The highest BCUT2D eigenvalue weighted by Crippen LogP contribution is 2.40. The third kappa shape index (κ3) is 2.70. The molecule has 0 fully saturated rings. The van der Waals surface area contributed by atoms with Crippen LogP contribution in [0, 0.1) is 10.1 Å². The van der Waals surface area contributed by atoms with Crippen LogP contribution in [0.5, 0.6) is 0 Å². The number of halogens is 4. The summed E-state index contributed by atoms with van der Waals surface area (Å²) in [5, 5.41) is 9.50. The summed E-state index contributed by atoms with van der Waals surface area (Å²) in [7, 11) is 0.941. The first kappa shape index (κ1) is 14.2. The van der Waals surface area contributed by atoms with Crippen molar-refractivity contribution in [3.8, 4) is 0 Å². The molecule has 0 spiro atoms. The fourth-order valence-corrected chi connectivity index (χ4v) is 1.47. The average molecular weight is 284 g/mol. The number of esters is 1. The zero-order valence-corrected chi connectivity index (χ0v) is 9.50. The summed E-state index contributed by atoms with van der Waals surface area (Å²) in [5.74, 6) is -1.12. The molecule has 0 heterocycles. The summed E-state index contributed by atoms with van der Waals surface area (Å²) in [4.78, 5) is 20.6. The maximum atomic E-state index is 12.6. The van der Waals surface area contributed by atoms with Gasteiger partial charge in [0.05, 0.1) is 23.2 Å². The smallest absolute Gasteiger partial charge is 0.418 e. The van der Waals surface area contributed by atoms with Gasteiger partial charge in [-0.1, -0.05) is 11.6 Å². The normalized spacial score (nSPS) is 11.2. The lowest BCUT2D eigenvalue weighted by molar-refractivity contribution is -0.385. The van der Waals surface area contributed by atoms with Crippen LogP contribution >= 0.6 is 11.6 Å². The van der Waals surface area contributed by atoms with Crippen molar-refractivity contribution < 1.29 is 27.6 Å². The zero-order chi connectivity index (χ0) is 14.1. The Balaban J connectivity index is 3.57. The largest absolute Gasteiger partial charge is 0.465 e. The number of carbonyl (C=O) groups is 1. The van der Waals surface area contributed by atoms with Gasteiger partial charge in [0.1, 0.15) is 5.02 Å². The highest BCUT2D eigenvalue weighted by Gasteiger charge is 2.37. The molecule has 1 rings (SSSR count). The summed E-state index contributed by atoms with van der Waals surface area (Å²) >= 11 is 5.29. The molecule has 0 N–H and O–H groups in total. The topological polar surface area (TPSA) is 69.4 Å². The predicted molar refractivity (Wildman–Crippen MR) is 54.4 cm³/mol. The van der Waals surface area contributed by atoms with Crippen LogP contribution in [0.2, 0.25) is 5.02 Å². The molecule has 0 saturated carbocycles. The predicted octanol–water partition coefficient (Wildman–Crippen LogP) is 3.05. The number of benzene rings is 1. The standard InChI is InChI=1S/C9H5ClF3NO4/c1-18-8(15)4-2-5(9(11,12)13)7(10)6(3-4)14(16)17/h2-3H,1H3. The molecule has 5 nitrogen and oxygen atoms in total. The highest BCUT2D eigenvalue weighted by atomic mass is 35.5. The Morgan fingerprint density at radius 1 is 1.44 bits per heavy atom. The minimum Gasteiger partial charge on any atom is -0.465 e. The Morgan fingerprint density at radius 2 is 2.00 bits per heavy atom. The number of nitro groups is 1. The van der Waals surface area contributed by atoms with Gasteiger partial charge in [-0.3, -0.25) is 10.1 Å². The molecule has 0 aliphatic heterocycles. The summed E-state index contributed by atoms with van der Waals surface area (Å²) in [6.07, 6.45) is -4.91. The molecule has 0 saturated heterocycles. The van der Waals surface area contributed by atoms with E-state index in [1.807, 2.05) is 0 Å². The van der Waals surface area contributed by atoms with Crippen LogP contribution in [0.1, 0.15) is 15.9 Å². The van der Waals surface area contributed by atoms with Crippen LogP contribution in [0.3, 0.4) is 0 Å². The molecular formula is C9H5ClF3NO4. The Kier molecular flexibility index (Phi) is 3.80.